The highest BCUT2D eigenvalue weighted by Gasteiger charge is 2.23. The third kappa shape index (κ3) is 2.74. The fourth-order valence-electron chi connectivity index (χ4n) is 2.88. The van der Waals surface area contributed by atoms with Crippen molar-refractivity contribution in [3.63, 3.8) is 0 Å². The first-order valence-corrected chi connectivity index (χ1v) is 7.66. The summed E-state index contributed by atoms with van der Waals surface area (Å²) in [6, 6.07) is 10.6. The minimum Gasteiger partial charge on any atom is -0.294 e. The fraction of sp³-hybridized carbons (Fsp3) is 0.438. The summed E-state index contributed by atoms with van der Waals surface area (Å²) in [6.45, 7) is 6.11. The summed E-state index contributed by atoms with van der Waals surface area (Å²) in [5.41, 5.74) is 3.91. The highest BCUT2D eigenvalue weighted by Crippen LogP contribution is 2.27. The maximum Gasteiger partial charge on any atom is 0.155 e. The molecule has 3 rings (SSSR count). The molecule has 0 aliphatic carbocycles. The van der Waals surface area contributed by atoms with E-state index in [0.29, 0.717) is 5.15 Å². The third-order valence-electron chi connectivity index (χ3n) is 3.85. The van der Waals surface area contributed by atoms with Crippen LogP contribution in [0, 0.1) is 0 Å². The fourth-order valence-corrected chi connectivity index (χ4v) is 3.14. The van der Waals surface area contributed by atoms with Gasteiger partial charge in [0, 0.05) is 43.9 Å². The van der Waals surface area contributed by atoms with Crippen molar-refractivity contribution in [2.75, 3.05) is 6.54 Å². The molecule has 1 aliphatic rings. The molecule has 0 saturated heterocycles. The average Bonchev–Trinajstić information content (AvgIpc) is 2.77. The minimum atomic E-state index is 0.686. The molecule has 0 radical (unpaired) electrons. The van der Waals surface area contributed by atoms with E-state index in [1.165, 1.54) is 16.8 Å². The monoisotopic (exact) mass is 289 g/mol. The van der Waals surface area contributed by atoms with Gasteiger partial charge >= 0.3 is 0 Å². The zero-order chi connectivity index (χ0) is 13.9. The Hall–Kier alpha value is -1.32. The number of fused-ring (bicyclic) bond motifs is 1. The minimum absolute atomic E-state index is 0.686. The molecule has 0 fully saturated rings. The smallest absolute Gasteiger partial charge is 0.155 e. The molecule has 0 saturated carbocycles. The van der Waals surface area contributed by atoms with E-state index in [1.54, 1.807) is 0 Å². The standard InChI is InChI=1S/C16H20ClN3/c1-2-9-20-15-8-10-19(12-14(15)16(17)18-20)11-13-6-4-3-5-7-13/h3-7H,2,8-12H2,1H3. The SMILES string of the molecule is CCCn1nc(Cl)c2c1CCN(Cc1ccccc1)C2. The maximum atomic E-state index is 6.31. The number of hydrogen-bond donors (Lipinski definition) is 0. The van der Waals surface area contributed by atoms with Crippen LogP contribution in [0.1, 0.15) is 30.2 Å². The molecule has 20 heavy (non-hydrogen) atoms. The summed E-state index contributed by atoms with van der Waals surface area (Å²) in [5.74, 6) is 0. The van der Waals surface area contributed by atoms with Crippen molar-refractivity contribution in [1.29, 1.82) is 0 Å². The molecular weight excluding hydrogens is 270 g/mol. The van der Waals surface area contributed by atoms with Gasteiger partial charge in [0.2, 0.25) is 0 Å². The van der Waals surface area contributed by atoms with Gasteiger partial charge in [-0.25, -0.2) is 0 Å². The van der Waals surface area contributed by atoms with Crippen LogP contribution in [-0.2, 0) is 26.1 Å². The Morgan fingerprint density at radius 3 is 2.80 bits per heavy atom. The quantitative estimate of drug-likeness (QED) is 0.859. The highest BCUT2D eigenvalue weighted by molar-refractivity contribution is 6.30. The summed E-state index contributed by atoms with van der Waals surface area (Å²) in [7, 11) is 0. The van der Waals surface area contributed by atoms with Gasteiger partial charge in [-0.1, -0.05) is 48.9 Å². The Balaban J connectivity index is 1.75. The molecule has 4 heteroatoms. The predicted octanol–water partition coefficient (Wildman–Crippen LogP) is 3.50. The summed E-state index contributed by atoms with van der Waals surface area (Å²) in [4.78, 5) is 2.45. The molecule has 1 aromatic carbocycles. The van der Waals surface area contributed by atoms with Crippen LogP contribution < -0.4 is 0 Å². The van der Waals surface area contributed by atoms with Crippen LogP contribution in [0.25, 0.3) is 0 Å². The molecule has 1 aromatic heterocycles. The number of halogens is 1. The average molecular weight is 290 g/mol. The van der Waals surface area contributed by atoms with E-state index in [4.69, 9.17) is 11.6 Å². The molecule has 0 spiro atoms. The largest absolute Gasteiger partial charge is 0.294 e. The lowest BCUT2D eigenvalue weighted by molar-refractivity contribution is 0.242. The first kappa shape index (κ1) is 13.7. The highest BCUT2D eigenvalue weighted by atomic mass is 35.5. The first-order chi connectivity index (χ1) is 9.78. The van der Waals surface area contributed by atoms with E-state index in [0.717, 1.165) is 39.0 Å². The Bertz CT molecular complexity index is 577. The van der Waals surface area contributed by atoms with Gasteiger partial charge in [0.15, 0.2) is 5.15 Å². The van der Waals surface area contributed by atoms with Crippen LogP contribution in [0.15, 0.2) is 30.3 Å². The van der Waals surface area contributed by atoms with Gasteiger partial charge in [0.05, 0.1) is 0 Å². The zero-order valence-corrected chi connectivity index (χ0v) is 12.6. The van der Waals surface area contributed by atoms with Crippen molar-refractivity contribution < 1.29 is 0 Å². The van der Waals surface area contributed by atoms with Crippen LogP contribution in [0.2, 0.25) is 5.15 Å². The normalized spacial score (nSPS) is 15.3. The molecule has 3 nitrogen and oxygen atoms in total. The van der Waals surface area contributed by atoms with Gasteiger partial charge in [-0.2, -0.15) is 5.10 Å². The first-order valence-electron chi connectivity index (χ1n) is 7.28. The molecule has 2 aromatic rings. The lowest BCUT2D eigenvalue weighted by Gasteiger charge is -2.27. The van der Waals surface area contributed by atoms with E-state index in [1.807, 2.05) is 0 Å². The van der Waals surface area contributed by atoms with Gasteiger partial charge in [-0.3, -0.25) is 9.58 Å². The lowest BCUT2D eigenvalue weighted by Crippen LogP contribution is -2.30. The molecule has 2 heterocycles. The van der Waals surface area contributed by atoms with Crippen LogP contribution in [-0.4, -0.2) is 21.2 Å². The van der Waals surface area contributed by atoms with E-state index >= 15 is 0 Å². The number of hydrogen-bond acceptors (Lipinski definition) is 2. The van der Waals surface area contributed by atoms with Crippen molar-refractivity contribution in [3.05, 3.63) is 52.3 Å². The maximum absolute atomic E-state index is 6.31. The Labute approximate surface area is 125 Å². The van der Waals surface area contributed by atoms with Gasteiger partial charge in [0.1, 0.15) is 0 Å². The zero-order valence-electron chi connectivity index (χ0n) is 11.8. The van der Waals surface area contributed by atoms with Crippen molar-refractivity contribution in [3.8, 4) is 0 Å². The second-order valence-electron chi connectivity index (χ2n) is 5.39. The number of benzene rings is 1. The second-order valence-corrected chi connectivity index (χ2v) is 5.74. The molecule has 1 aliphatic heterocycles. The van der Waals surface area contributed by atoms with Crippen molar-refractivity contribution >= 4 is 11.6 Å². The van der Waals surface area contributed by atoms with Crippen LogP contribution in [0.5, 0.6) is 0 Å². The van der Waals surface area contributed by atoms with E-state index in [2.05, 4.69) is 51.9 Å². The summed E-state index contributed by atoms with van der Waals surface area (Å²) >= 11 is 6.31. The number of aryl methyl sites for hydroxylation is 1. The lowest BCUT2D eigenvalue weighted by atomic mass is 10.1. The van der Waals surface area contributed by atoms with Crippen LogP contribution in [0.4, 0.5) is 0 Å². The van der Waals surface area contributed by atoms with Gasteiger partial charge < -0.3 is 0 Å². The van der Waals surface area contributed by atoms with E-state index in [-0.39, 0.29) is 0 Å². The number of rotatable bonds is 4. The Morgan fingerprint density at radius 1 is 1.25 bits per heavy atom. The summed E-state index contributed by atoms with van der Waals surface area (Å²) in [5, 5.41) is 5.17. The van der Waals surface area contributed by atoms with E-state index < -0.39 is 0 Å². The predicted molar refractivity (Wildman–Crippen MR) is 81.8 cm³/mol. The Morgan fingerprint density at radius 2 is 2.05 bits per heavy atom. The number of aromatic nitrogens is 2. The van der Waals surface area contributed by atoms with Crippen LogP contribution >= 0.6 is 11.6 Å². The molecule has 0 amide bonds. The van der Waals surface area contributed by atoms with Gasteiger partial charge in [-0.05, 0) is 12.0 Å². The third-order valence-corrected chi connectivity index (χ3v) is 4.15. The number of nitrogens with zero attached hydrogens (tertiary/aromatic N) is 3. The van der Waals surface area contributed by atoms with Crippen molar-refractivity contribution in [1.82, 2.24) is 14.7 Å². The summed E-state index contributed by atoms with van der Waals surface area (Å²) < 4.78 is 2.09. The molecule has 0 bridgehead atoms. The molecule has 0 N–H and O–H groups in total. The van der Waals surface area contributed by atoms with Crippen LogP contribution in [0.3, 0.4) is 0 Å². The van der Waals surface area contributed by atoms with Crippen molar-refractivity contribution in [2.45, 2.75) is 39.4 Å². The Kier molecular flexibility index (Phi) is 4.08. The van der Waals surface area contributed by atoms with Gasteiger partial charge in [0.25, 0.3) is 0 Å². The summed E-state index contributed by atoms with van der Waals surface area (Å²) in [6.07, 6.45) is 2.14. The van der Waals surface area contributed by atoms with Crippen molar-refractivity contribution in [2.24, 2.45) is 0 Å². The topological polar surface area (TPSA) is 21.1 Å². The molecular formula is C16H20ClN3. The molecule has 106 valence electrons. The second kappa shape index (κ2) is 5.98. The van der Waals surface area contributed by atoms with E-state index in [9.17, 15) is 0 Å². The molecule has 0 unspecified atom stereocenters. The van der Waals surface area contributed by atoms with Gasteiger partial charge in [-0.15, -0.1) is 0 Å². The molecule has 0 atom stereocenters.